The molecule has 6 rings (SSSR count). The molecular formula is C24H32FNO5S. The molecule has 1 heterocycles. The number of Topliss-reactive ketones (excluding diaryl/α,β-unsaturated/α-hetero) is 1. The highest BCUT2D eigenvalue weighted by molar-refractivity contribution is 7.89. The van der Waals surface area contributed by atoms with Crippen LogP contribution in [0, 0.1) is 29.0 Å². The Labute approximate surface area is 189 Å². The fourth-order valence-corrected chi connectivity index (χ4v) is 8.32. The van der Waals surface area contributed by atoms with E-state index in [9.17, 15) is 22.7 Å². The molecule has 0 spiro atoms. The number of sulfonamides is 1. The summed E-state index contributed by atoms with van der Waals surface area (Å²) in [7, 11) is -3.74. The number of hydrogen-bond acceptors (Lipinski definition) is 5. The van der Waals surface area contributed by atoms with Crippen molar-refractivity contribution >= 4 is 15.8 Å². The fraction of sp³-hybridized carbons (Fsp3) is 0.708. The Morgan fingerprint density at radius 3 is 2.28 bits per heavy atom. The Hall–Kier alpha value is -1.51. The van der Waals surface area contributed by atoms with Gasteiger partial charge in [-0.1, -0.05) is 0 Å². The highest BCUT2D eigenvalue weighted by Gasteiger charge is 2.51. The largest absolute Gasteiger partial charge is 0.493 e. The van der Waals surface area contributed by atoms with Crippen molar-refractivity contribution in [3.8, 4) is 5.75 Å². The molecular weight excluding hydrogens is 433 g/mol. The molecule has 1 aromatic rings. The summed E-state index contributed by atoms with van der Waals surface area (Å²) in [5, 5.41) is 10.3. The molecule has 1 unspecified atom stereocenters. The number of aliphatic hydroxyl groups is 1. The third kappa shape index (κ3) is 4.10. The number of nitrogens with zero attached hydrogens (tertiary/aromatic N) is 1. The van der Waals surface area contributed by atoms with Gasteiger partial charge in [0.2, 0.25) is 10.0 Å². The normalized spacial score (nSPS) is 32.5. The highest BCUT2D eigenvalue weighted by atomic mass is 32.2. The van der Waals surface area contributed by atoms with E-state index < -0.39 is 33.5 Å². The van der Waals surface area contributed by atoms with E-state index in [0.717, 1.165) is 49.5 Å². The monoisotopic (exact) mass is 465 g/mol. The van der Waals surface area contributed by atoms with Crippen LogP contribution in [0.4, 0.5) is 4.39 Å². The van der Waals surface area contributed by atoms with Gasteiger partial charge in [-0.15, -0.1) is 0 Å². The summed E-state index contributed by atoms with van der Waals surface area (Å²) in [4.78, 5) is 12.6. The van der Waals surface area contributed by atoms with Crippen LogP contribution in [0.25, 0.3) is 0 Å². The first-order chi connectivity index (χ1) is 15.1. The lowest BCUT2D eigenvalue weighted by molar-refractivity contribution is -0.0748. The maximum Gasteiger partial charge on any atom is 0.221 e. The molecule has 32 heavy (non-hydrogen) atoms. The number of aliphatic hydroxyl groups excluding tert-OH is 1. The Balaban J connectivity index is 1.34. The number of carbonyl (C=O) groups is 1. The summed E-state index contributed by atoms with van der Waals surface area (Å²) in [6.07, 6.45) is 7.21. The molecule has 0 aromatic heterocycles. The molecule has 4 saturated carbocycles. The second-order valence-electron chi connectivity index (χ2n) is 10.7. The van der Waals surface area contributed by atoms with Crippen LogP contribution < -0.4 is 4.74 Å². The second-order valence-corrected chi connectivity index (χ2v) is 12.7. The van der Waals surface area contributed by atoms with Crippen LogP contribution in [-0.4, -0.2) is 49.1 Å². The third-order valence-corrected chi connectivity index (χ3v) is 9.85. The van der Waals surface area contributed by atoms with Crippen LogP contribution in [0.15, 0.2) is 12.1 Å². The van der Waals surface area contributed by atoms with Gasteiger partial charge in [0.05, 0.1) is 18.3 Å². The fourth-order valence-electron chi connectivity index (χ4n) is 6.83. The summed E-state index contributed by atoms with van der Waals surface area (Å²) in [6.45, 7) is 2.82. The lowest BCUT2D eigenvalue weighted by Crippen LogP contribution is -2.48. The van der Waals surface area contributed by atoms with Gasteiger partial charge in [-0.3, -0.25) is 4.79 Å². The van der Waals surface area contributed by atoms with Gasteiger partial charge in [-0.2, -0.15) is 0 Å². The average Bonchev–Trinajstić information content (AvgIpc) is 2.62. The summed E-state index contributed by atoms with van der Waals surface area (Å²) in [5.41, 5.74) is 0.133. The number of benzene rings is 1. The van der Waals surface area contributed by atoms with Crippen LogP contribution in [0.3, 0.4) is 0 Å². The van der Waals surface area contributed by atoms with Crippen LogP contribution in [0.5, 0.6) is 5.75 Å². The van der Waals surface area contributed by atoms with Crippen LogP contribution in [0.2, 0.25) is 0 Å². The topological polar surface area (TPSA) is 83.9 Å². The first kappa shape index (κ1) is 22.3. The average molecular weight is 466 g/mol. The van der Waals surface area contributed by atoms with Gasteiger partial charge in [-0.25, -0.2) is 17.1 Å². The summed E-state index contributed by atoms with van der Waals surface area (Å²) in [6, 6.07) is 2.41. The number of rotatable bonds is 8. The molecule has 4 bridgehead atoms. The van der Waals surface area contributed by atoms with Gasteiger partial charge < -0.3 is 9.84 Å². The Morgan fingerprint density at radius 1 is 1.19 bits per heavy atom. The Morgan fingerprint density at radius 2 is 1.78 bits per heavy atom. The van der Waals surface area contributed by atoms with Crippen LogP contribution in [-0.2, 0) is 10.0 Å². The van der Waals surface area contributed by atoms with Gasteiger partial charge in [0.1, 0.15) is 17.3 Å². The van der Waals surface area contributed by atoms with Gasteiger partial charge in [0.25, 0.3) is 0 Å². The minimum absolute atomic E-state index is 0.126. The molecule has 8 heteroatoms. The number of ketones is 1. The van der Waals surface area contributed by atoms with E-state index >= 15 is 0 Å². The molecule has 176 valence electrons. The third-order valence-electron chi connectivity index (χ3n) is 8.07. The summed E-state index contributed by atoms with van der Waals surface area (Å²) >= 11 is 0. The second kappa shape index (κ2) is 8.06. The van der Waals surface area contributed by atoms with E-state index in [1.807, 2.05) is 0 Å². The van der Waals surface area contributed by atoms with E-state index in [4.69, 9.17) is 4.74 Å². The predicted octanol–water partition coefficient (Wildman–Crippen LogP) is 3.69. The van der Waals surface area contributed by atoms with Crippen molar-refractivity contribution in [2.45, 2.75) is 58.0 Å². The van der Waals surface area contributed by atoms with E-state index in [0.29, 0.717) is 25.3 Å². The van der Waals surface area contributed by atoms with Crippen molar-refractivity contribution in [3.63, 3.8) is 0 Å². The van der Waals surface area contributed by atoms with Crippen molar-refractivity contribution in [2.75, 3.05) is 25.4 Å². The van der Waals surface area contributed by atoms with Crippen LogP contribution in [0.1, 0.15) is 73.9 Å². The first-order valence-corrected chi connectivity index (χ1v) is 13.4. The molecule has 4 aliphatic carbocycles. The Kier molecular flexibility index (Phi) is 5.62. The first-order valence-electron chi connectivity index (χ1n) is 11.8. The zero-order valence-electron chi connectivity index (χ0n) is 18.6. The van der Waals surface area contributed by atoms with Crippen molar-refractivity contribution in [1.29, 1.82) is 0 Å². The number of carbonyl (C=O) groups excluding carboxylic acids is 1. The van der Waals surface area contributed by atoms with E-state index in [1.54, 1.807) is 0 Å². The molecule has 1 aliphatic heterocycles. The van der Waals surface area contributed by atoms with Gasteiger partial charge in [0.15, 0.2) is 5.78 Å². The quantitative estimate of drug-likeness (QED) is 0.592. The van der Waals surface area contributed by atoms with Crippen molar-refractivity contribution in [1.82, 2.24) is 4.31 Å². The maximum atomic E-state index is 14.9. The number of hydrogen-bond donors (Lipinski definition) is 1. The van der Waals surface area contributed by atoms with Crippen LogP contribution >= 0.6 is 0 Å². The molecule has 6 nitrogen and oxygen atoms in total. The van der Waals surface area contributed by atoms with Gasteiger partial charge >= 0.3 is 0 Å². The van der Waals surface area contributed by atoms with Gasteiger partial charge in [-0.05, 0) is 75.7 Å². The molecule has 0 radical (unpaired) electrons. The van der Waals surface area contributed by atoms with Crippen molar-refractivity contribution < 1.29 is 27.4 Å². The van der Waals surface area contributed by atoms with Crippen molar-refractivity contribution in [2.24, 2.45) is 23.2 Å². The summed E-state index contributed by atoms with van der Waals surface area (Å²) in [5.74, 6) is 0.179. The SMILES string of the molecule is CC(O)c1cc(C(=O)CS(=O)(=O)N2CCC2)c(F)cc1OCC12CC3CC(CC(C3)C1)C2. The molecule has 1 aromatic carbocycles. The van der Waals surface area contributed by atoms with Crippen molar-refractivity contribution in [3.05, 3.63) is 29.1 Å². The smallest absolute Gasteiger partial charge is 0.221 e. The van der Waals surface area contributed by atoms with E-state index in [1.165, 1.54) is 36.6 Å². The molecule has 1 saturated heterocycles. The predicted molar refractivity (Wildman–Crippen MR) is 117 cm³/mol. The lowest BCUT2D eigenvalue weighted by atomic mass is 9.50. The van der Waals surface area contributed by atoms with E-state index in [2.05, 4.69) is 0 Å². The summed E-state index contributed by atoms with van der Waals surface area (Å²) < 4.78 is 46.9. The standard InChI is InChI=1S/C24H32FNO5S/c1-15(27)19-8-20(22(28)13-32(29,30)26-3-2-4-26)21(25)9-23(19)31-14-24-10-16-5-17(11-24)7-18(6-16)12-24/h8-9,15-18,27H,2-7,10-14H2,1H3. The lowest BCUT2D eigenvalue weighted by Gasteiger charge is -2.56. The van der Waals surface area contributed by atoms with E-state index in [-0.39, 0.29) is 16.7 Å². The maximum absolute atomic E-state index is 14.9. The minimum Gasteiger partial charge on any atom is -0.493 e. The molecule has 5 aliphatic rings. The Bertz CT molecular complexity index is 982. The zero-order chi connectivity index (χ0) is 22.7. The number of ether oxygens (including phenoxy) is 1. The minimum atomic E-state index is -3.74. The zero-order valence-corrected chi connectivity index (χ0v) is 19.4. The van der Waals surface area contributed by atoms with Gasteiger partial charge in [0, 0.05) is 30.1 Å². The molecule has 1 atom stereocenters. The number of halogens is 1. The molecule has 5 fully saturated rings. The highest BCUT2D eigenvalue weighted by Crippen LogP contribution is 2.60. The molecule has 1 N–H and O–H groups in total. The molecule has 0 amide bonds.